The van der Waals surface area contributed by atoms with Gasteiger partial charge in [0, 0.05) is 5.41 Å². The second-order valence-corrected chi connectivity index (χ2v) is 7.79. The third-order valence-electron chi connectivity index (χ3n) is 5.16. The van der Waals surface area contributed by atoms with Crippen LogP contribution in [0, 0.1) is 29.4 Å². The van der Waals surface area contributed by atoms with Crippen molar-refractivity contribution in [1.82, 2.24) is 0 Å². The molecule has 2 aliphatic rings. The van der Waals surface area contributed by atoms with Crippen LogP contribution in [0.3, 0.4) is 0 Å². The summed E-state index contributed by atoms with van der Waals surface area (Å²) >= 11 is 0. The van der Waals surface area contributed by atoms with Crippen molar-refractivity contribution in [3.05, 3.63) is 35.4 Å². The van der Waals surface area contributed by atoms with Crippen molar-refractivity contribution in [2.45, 2.75) is 51.6 Å². The van der Waals surface area contributed by atoms with Gasteiger partial charge in [-0.3, -0.25) is 4.79 Å². The summed E-state index contributed by atoms with van der Waals surface area (Å²) in [5.41, 5.74) is -0.482. The zero-order valence-corrected chi connectivity index (χ0v) is 13.5. The van der Waals surface area contributed by atoms with Gasteiger partial charge in [-0.05, 0) is 69.2 Å². The lowest BCUT2D eigenvalue weighted by Crippen LogP contribution is -2.31. The predicted molar refractivity (Wildman–Crippen MR) is 79.3 cm³/mol. The fraction of sp³-hybridized carbons (Fsp3) is 0.611. The second kappa shape index (κ2) is 4.77. The van der Waals surface area contributed by atoms with E-state index in [1.165, 1.54) is 12.1 Å². The number of halogens is 2. The molecular formula is C18H22F2O2. The number of hydrogen-bond donors (Lipinski definition) is 0. The van der Waals surface area contributed by atoms with Crippen molar-refractivity contribution in [3.63, 3.8) is 0 Å². The molecule has 2 fully saturated rings. The lowest BCUT2D eigenvalue weighted by atomic mass is 9.88. The Bertz CT molecular complexity index is 620. The number of esters is 1. The first-order chi connectivity index (χ1) is 10.1. The maximum Gasteiger partial charge on any atom is 0.309 e. The summed E-state index contributed by atoms with van der Waals surface area (Å²) in [6.07, 6.45) is 1.38. The number of fused-ring (bicyclic) bond motifs is 1. The summed E-state index contributed by atoms with van der Waals surface area (Å²) in [5.74, 6) is -0.881. The molecule has 2 aliphatic carbocycles. The van der Waals surface area contributed by atoms with E-state index in [9.17, 15) is 13.6 Å². The zero-order valence-electron chi connectivity index (χ0n) is 13.5. The predicted octanol–water partition coefficient (Wildman–Crippen LogP) is 4.22. The molecule has 3 rings (SSSR count). The van der Waals surface area contributed by atoms with Crippen LogP contribution in [-0.2, 0) is 14.9 Å². The molecule has 0 bridgehead atoms. The lowest BCUT2D eigenvalue weighted by Gasteiger charge is -2.25. The molecule has 0 spiro atoms. The van der Waals surface area contributed by atoms with Crippen molar-refractivity contribution in [3.8, 4) is 0 Å². The third-order valence-corrected chi connectivity index (χ3v) is 5.16. The molecule has 2 nitrogen and oxygen atoms in total. The largest absolute Gasteiger partial charge is 0.460 e. The quantitative estimate of drug-likeness (QED) is 0.765. The molecule has 1 aromatic rings. The first-order valence-corrected chi connectivity index (χ1v) is 7.82. The van der Waals surface area contributed by atoms with E-state index in [0.29, 0.717) is 12.0 Å². The van der Waals surface area contributed by atoms with Gasteiger partial charge in [-0.2, -0.15) is 0 Å². The minimum absolute atomic E-state index is 0.137. The molecule has 0 amide bonds. The maximum absolute atomic E-state index is 14.1. The van der Waals surface area contributed by atoms with Crippen LogP contribution in [0.25, 0.3) is 0 Å². The van der Waals surface area contributed by atoms with Crippen LogP contribution < -0.4 is 0 Å². The van der Waals surface area contributed by atoms with Crippen LogP contribution in [0.1, 0.15) is 46.1 Å². The molecule has 0 saturated heterocycles. The Morgan fingerprint density at radius 3 is 2.59 bits per heavy atom. The van der Waals surface area contributed by atoms with Crippen molar-refractivity contribution in [1.29, 1.82) is 0 Å². The highest BCUT2D eigenvalue weighted by atomic mass is 19.1. The van der Waals surface area contributed by atoms with Gasteiger partial charge in [-0.15, -0.1) is 0 Å². The van der Waals surface area contributed by atoms with Crippen molar-refractivity contribution >= 4 is 5.97 Å². The molecule has 22 heavy (non-hydrogen) atoms. The van der Waals surface area contributed by atoms with Crippen LogP contribution in [0.5, 0.6) is 0 Å². The third kappa shape index (κ3) is 2.42. The van der Waals surface area contributed by atoms with Crippen LogP contribution in [-0.4, -0.2) is 11.6 Å². The van der Waals surface area contributed by atoms with Crippen molar-refractivity contribution in [2.24, 2.45) is 17.8 Å². The summed E-state index contributed by atoms with van der Waals surface area (Å²) in [6.45, 7) is 7.54. The van der Waals surface area contributed by atoms with Gasteiger partial charge in [0.2, 0.25) is 0 Å². The standard InChI is InChI=1S/C18H22F2O2/c1-10-12(16(21)22-17(2,3)4)8-18(9-14(10)18)13-7-11(19)5-6-15(13)20/h5-7,10,12,14H,8-9H2,1-4H3/t10?,12?,14-,18-/m0/s1. The molecular weight excluding hydrogens is 286 g/mol. The minimum Gasteiger partial charge on any atom is -0.460 e. The van der Waals surface area contributed by atoms with Gasteiger partial charge < -0.3 is 4.74 Å². The van der Waals surface area contributed by atoms with Gasteiger partial charge in [0.05, 0.1) is 5.92 Å². The van der Waals surface area contributed by atoms with E-state index in [0.717, 1.165) is 12.5 Å². The van der Waals surface area contributed by atoms with Gasteiger partial charge in [0.15, 0.2) is 0 Å². The Labute approximate surface area is 129 Å². The van der Waals surface area contributed by atoms with Gasteiger partial charge in [0.25, 0.3) is 0 Å². The van der Waals surface area contributed by atoms with E-state index in [-0.39, 0.29) is 35.0 Å². The summed E-state index contributed by atoms with van der Waals surface area (Å²) in [7, 11) is 0. The normalized spacial score (nSPS) is 33.5. The zero-order chi connectivity index (χ0) is 16.3. The van der Waals surface area contributed by atoms with E-state index < -0.39 is 11.4 Å². The van der Waals surface area contributed by atoms with Gasteiger partial charge in [-0.1, -0.05) is 6.92 Å². The molecule has 4 heteroatoms. The highest BCUT2D eigenvalue weighted by molar-refractivity contribution is 5.75. The monoisotopic (exact) mass is 308 g/mol. The van der Waals surface area contributed by atoms with Gasteiger partial charge >= 0.3 is 5.97 Å². The van der Waals surface area contributed by atoms with E-state index in [4.69, 9.17) is 4.74 Å². The molecule has 4 atom stereocenters. The number of carbonyl (C=O) groups excluding carboxylic acids is 1. The Morgan fingerprint density at radius 2 is 1.95 bits per heavy atom. The molecule has 2 unspecified atom stereocenters. The molecule has 2 saturated carbocycles. The average Bonchev–Trinajstić information content (AvgIpc) is 3.05. The van der Waals surface area contributed by atoms with Crippen LogP contribution >= 0.6 is 0 Å². The van der Waals surface area contributed by atoms with Gasteiger partial charge in [0.1, 0.15) is 17.2 Å². The highest BCUT2D eigenvalue weighted by Gasteiger charge is 2.67. The van der Waals surface area contributed by atoms with Gasteiger partial charge in [-0.25, -0.2) is 8.78 Å². The second-order valence-electron chi connectivity index (χ2n) is 7.79. The smallest absolute Gasteiger partial charge is 0.309 e. The number of hydrogen-bond acceptors (Lipinski definition) is 2. The average molecular weight is 308 g/mol. The number of ether oxygens (including phenoxy) is 1. The summed E-state index contributed by atoms with van der Waals surface area (Å²) in [6, 6.07) is 3.61. The number of rotatable bonds is 2. The summed E-state index contributed by atoms with van der Waals surface area (Å²) in [4.78, 5) is 12.4. The molecule has 0 radical (unpaired) electrons. The highest BCUT2D eigenvalue weighted by Crippen LogP contribution is 2.69. The van der Waals surface area contributed by atoms with E-state index in [1.807, 2.05) is 27.7 Å². The maximum atomic E-state index is 14.1. The Kier molecular flexibility index (Phi) is 3.35. The summed E-state index contributed by atoms with van der Waals surface area (Å²) < 4.78 is 33.1. The Balaban J connectivity index is 1.85. The summed E-state index contributed by atoms with van der Waals surface area (Å²) in [5, 5.41) is 0. The van der Waals surface area contributed by atoms with Crippen LogP contribution in [0.15, 0.2) is 18.2 Å². The van der Waals surface area contributed by atoms with E-state index in [1.54, 1.807) is 0 Å². The Morgan fingerprint density at radius 1 is 1.27 bits per heavy atom. The first kappa shape index (κ1) is 15.4. The molecule has 120 valence electrons. The molecule has 0 N–H and O–H groups in total. The molecule has 1 aromatic carbocycles. The fourth-order valence-electron chi connectivity index (χ4n) is 4.09. The van der Waals surface area contributed by atoms with E-state index >= 15 is 0 Å². The molecule has 0 aromatic heterocycles. The fourth-order valence-corrected chi connectivity index (χ4v) is 4.09. The molecule has 0 aliphatic heterocycles. The van der Waals surface area contributed by atoms with E-state index in [2.05, 4.69) is 0 Å². The molecule has 0 heterocycles. The minimum atomic E-state index is -0.527. The first-order valence-electron chi connectivity index (χ1n) is 7.82. The number of carbonyl (C=O) groups is 1. The number of benzene rings is 1. The van der Waals surface area contributed by atoms with Crippen LogP contribution in [0.4, 0.5) is 8.78 Å². The lowest BCUT2D eigenvalue weighted by molar-refractivity contribution is -0.161. The van der Waals surface area contributed by atoms with Crippen molar-refractivity contribution < 1.29 is 18.3 Å². The Hall–Kier alpha value is -1.45. The SMILES string of the molecule is CC1C(C(=O)OC(C)(C)C)C[C@@]2(c3cc(F)ccc3F)C[C@@H]12. The van der Waals surface area contributed by atoms with Crippen molar-refractivity contribution in [2.75, 3.05) is 0 Å². The topological polar surface area (TPSA) is 26.3 Å². The van der Waals surface area contributed by atoms with Crippen LogP contribution in [0.2, 0.25) is 0 Å².